The summed E-state index contributed by atoms with van der Waals surface area (Å²) in [5, 5.41) is 0. The Hall–Kier alpha value is -3.24. The van der Waals surface area contributed by atoms with E-state index in [-0.39, 0.29) is 12.4 Å². The lowest BCUT2D eigenvalue weighted by Crippen LogP contribution is -2.11. The van der Waals surface area contributed by atoms with Crippen molar-refractivity contribution >= 4 is 44.4 Å². The largest absolute Gasteiger partial charge is 0.462 e. The molecule has 0 radical (unpaired) electrons. The van der Waals surface area contributed by atoms with Crippen molar-refractivity contribution in [1.29, 1.82) is 0 Å². The van der Waals surface area contributed by atoms with E-state index in [4.69, 9.17) is 4.74 Å². The van der Waals surface area contributed by atoms with Crippen LogP contribution in [0.4, 0.5) is 0 Å². The van der Waals surface area contributed by atoms with Crippen LogP contribution in [0.5, 0.6) is 0 Å². The number of benzene rings is 3. The highest BCUT2D eigenvalue weighted by Gasteiger charge is 2.39. The number of allylic oxidation sites excluding steroid dienone is 2. The van der Waals surface area contributed by atoms with Gasteiger partial charge in [0.05, 0.1) is 12.2 Å². The Labute approximate surface area is 209 Å². The molecule has 4 rings (SSSR count). The number of Topliss-reactive ketones (excluding diaryl/α,β-unsaturated/α-hetero) is 1. The SMILES string of the molecule is CCOC(=O)C1=C(c2ccc(Br)cc2)C(=O)C(c2ccc(C)cc2C)=C1c1ccc(C)cc1C. The first kappa shape index (κ1) is 23.9. The maximum Gasteiger partial charge on any atom is 0.339 e. The molecule has 0 unspecified atom stereocenters. The predicted molar refractivity (Wildman–Crippen MR) is 141 cm³/mol. The number of carbonyl (C=O) groups excluding carboxylic acids is 2. The van der Waals surface area contributed by atoms with Crippen molar-refractivity contribution in [2.45, 2.75) is 34.6 Å². The Morgan fingerprint density at radius 1 is 0.765 bits per heavy atom. The summed E-state index contributed by atoms with van der Waals surface area (Å²) in [4.78, 5) is 27.6. The third kappa shape index (κ3) is 4.30. The third-order valence-electron chi connectivity index (χ3n) is 6.12. The van der Waals surface area contributed by atoms with Gasteiger partial charge in [0.2, 0.25) is 0 Å². The lowest BCUT2D eigenvalue weighted by molar-refractivity contribution is -0.138. The fourth-order valence-electron chi connectivity index (χ4n) is 4.62. The highest BCUT2D eigenvalue weighted by Crippen LogP contribution is 2.47. The Morgan fingerprint density at radius 2 is 1.29 bits per heavy atom. The minimum absolute atomic E-state index is 0.160. The summed E-state index contributed by atoms with van der Waals surface area (Å²) in [5.41, 5.74) is 8.53. The number of hydrogen-bond acceptors (Lipinski definition) is 3. The van der Waals surface area contributed by atoms with Crippen molar-refractivity contribution < 1.29 is 14.3 Å². The van der Waals surface area contributed by atoms with Gasteiger partial charge in [0.1, 0.15) is 0 Å². The normalized spacial score (nSPS) is 13.6. The molecule has 1 aliphatic rings. The molecule has 1 aliphatic carbocycles. The average molecular weight is 515 g/mol. The molecule has 0 saturated heterocycles. The molecular formula is C30H27BrO3. The number of esters is 1. The van der Waals surface area contributed by atoms with Crippen molar-refractivity contribution in [3.8, 4) is 0 Å². The van der Waals surface area contributed by atoms with Crippen molar-refractivity contribution in [3.63, 3.8) is 0 Å². The van der Waals surface area contributed by atoms with E-state index in [9.17, 15) is 9.59 Å². The molecule has 0 amide bonds. The van der Waals surface area contributed by atoms with Gasteiger partial charge in [-0.3, -0.25) is 4.79 Å². The minimum atomic E-state index is -0.483. The summed E-state index contributed by atoms with van der Waals surface area (Å²) < 4.78 is 6.41. The summed E-state index contributed by atoms with van der Waals surface area (Å²) >= 11 is 3.46. The molecule has 4 heteroatoms. The fraction of sp³-hybridized carbons (Fsp3) is 0.200. The maximum absolute atomic E-state index is 14.2. The topological polar surface area (TPSA) is 43.4 Å². The molecule has 0 bridgehead atoms. The van der Waals surface area contributed by atoms with Gasteiger partial charge < -0.3 is 4.74 Å². The molecule has 3 nitrogen and oxygen atoms in total. The van der Waals surface area contributed by atoms with Crippen LogP contribution in [0.1, 0.15) is 45.9 Å². The van der Waals surface area contributed by atoms with Crippen molar-refractivity contribution in [2.24, 2.45) is 0 Å². The molecule has 3 aromatic rings. The van der Waals surface area contributed by atoms with Crippen molar-refractivity contribution in [1.82, 2.24) is 0 Å². The quantitative estimate of drug-likeness (QED) is 0.338. The fourth-order valence-corrected chi connectivity index (χ4v) is 4.88. The van der Waals surface area contributed by atoms with Crippen LogP contribution in [0.2, 0.25) is 0 Å². The molecular weight excluding hydrogens is 488 g/mol. The Morgan fingerprint density at radius 3 is 1.79 bits per heavy atom. The molecule has 172 valence electrons. The van der Waals surface area contributed by atoms with Gasteiger partial charge in [0, 0.05) is 21.2 Å². The molecule has 0 heterocycles. The number of ketones is 1. The van der Waals surface area contributed by atoms with Gasteiger partial charge in [-0.05, 0) is 74.6 Å². The second-order valence-electron chi connectivity index (χ2n) is 8.69. The van der Waals surface area contributed by atoms with Crippen LogP contribution < -0.4 is 0 Å². The second-order valence-corrected chi connectivity index (χ2v) is 9.61. The zero-order valence-electron chi connectivity index (χ0n) is 20.1. The van der Waals surface area contributed by atoms with Gasteiger partial charge in [-0.2, -0.15) is 0 Å². The van der Waals surface area contributed by atoms with Crippen LogP contribution >= 0.6 is 15.9 Å². The summed E-state index contributed by atoms with van der Waals surface area (Å²) in [7, 11) is 0. The zero-order valence-corrected chi connectivity index (χ0v) is 21.7. The standard InChI is InChI=1S/C30H27BrO3/c1-6-34-30(33)28-25(21-9-11-22(31)12-10-21)29(32)27(24-14-8-18(3)16-20(24)5)26(28)23-13-7-17(2)15-19(23)4/h7-16H,6H2,1-5H3. The Bertz CT molecular complexity index is 1370. The summed E-state index contributed by atoms with van der Waals surface area (Å²) in [6, 6.07) is 19.6. The van der Waals surface area contributed by atoms with Gasteiger partial charge in [-0.25, -0.2) is 4.79 Å². The first-order valence-electron chi connectivity index (χ1n) is 11.3. The average Bonchev–Trinajstić information content (AvgIpc) is 3.07. The van der Waals surface area contributed by atoms with E-state index in [2.05, 4.69) is 28.1 Å². The number of aryl methyl sites for hydroxylation is 4. The van der Waals surface area contributed by atoms with Crippen LogP contribution in [0.15, 0.2) is 70.7 Å². The maximum atomic E-state index is 14.2. The molecule has 0 N–H and O–H groups in total. The van der Waals surface area contributed by atoms with E-state index in [1.54, 1.807) is 6.92 Å². The number of hydrogen-bond donors (Lipinski definition) is 0. The zero-order chi connectivity index (χ0) is 24.6. The van der Waals surface area contributed by atoms with E-state index in [0.29, 0.717) is 27.9 Å². The lowest BCUT2D eigenvalue weighted by Gasteiger charge is -2.15. The first-order chi connectivity index (χ1) is 16.2. The molecule has 0 saturated carbocycles. The molecule has 34 heavy (non-hydrogen) atoms. The van der Waals surface area contributed by atoms with Gasteiger partial charge in [-0.15, -0.1) is 0 Å². The second kappa shape index (κ2) is 9.55. The molecule has 0 aliphatic heterocycles. The summed E-state index contributed by atoms with van der Waals surface area (Å²) in [5.74, 6) is -0.643. The molecule has 0 fully saturated rings. The molecule has 0 atom stereocenters. The van der Waals surface area contributed by atoms with Crippen molar-refractivity contribution in [2.75, 3.05) is 6.61 Å². The summed E-state index contributed by atoms with van der Waals surface area (Å²) in [6.45, 7) is 10.1. The monoisotopic (exact) mass is 514 g/mol. The smallest absolute Gasteiger partial charge is 0.339 e. The number of carbonyl (C=O) groups is 2. The first-order valence-corrected chi connectivity index (χ1v) is 12.1. The van der Waals surface area contributed by atoms with E-state index in [1.807, 2.05) is 76.2 Å². The minimum Gasteiger partial charge on any atom is -0.462 e. The van der Waals surface area contributed by atoms with Gasteiger partial charge in [-0.1, -0.05) is 75.6 Å². The summed E-state index contributed by atoms with van der Waals surface area (Å²) in [6.07, 6.45) is 0. The molecule has 3 aromatic carbocycles. The van der Waals surface area contributed by atoms with Gasteiger partial charge in [0.15, 0.2) is 5.78 Å². The van der Waals surface area contributed by atoms with E-state index < -0.39 is 5.97 Å². The molecule has 0 aromatic heterocycles. The highest BCUT2D eigenvalue weighted by atomic mass is 79.9. The lowest BCUT2D eigenvalue weighted by atomic mass is 9.88. The number of halogens is 1. The number of rotatable bonds is 5. The van der Waals surface area contributed by atoms with E-state index in [1.165, 1.54) is 0 Å². The van der Waals surface area contributed by atoms with E-state index in [0.717, 1.165) is 37.9 Å². The van der Waals surface area contributed by atoms with Gasteiger partial charge in [0.25, 0.3) is 0 Å². The van der Waals surface area contributed by atoms with Crippen LogP contribution in [0.3, 0.4) is 0 Å². The highest BCUT2D eigenvalue weighted by molar-refractivity contribution is 9.10. The van der Waals surface area contributed by atoms with Crippen LogP contribution in [0, 0.1) is 27.7 Å². The van der Waals surface area contributed by atoms with Crippen molar-refractivity contribution in [3.05, 3.63) is 110 Å². The Kier molecular flexibility index (Phi) is 6.72. The van der Waals surface area contributed by atoms with Crippen LogP contribution in [-0.2, 0) is 14.3 Å². The van der Waals surface area contributed by atoms with E-state index >= 15 is 0 Å². The van der Waals surface area contributed by atoms with Crippen LogP contribution in [0.25, 0.3) is 16.7 Å². The Balaban J connectivity index is 2.11. The van der Waals surface area contributed by atoms with Gasteiger partial charge >= 0.3 is 5.97 Å². The van der Waals surface area contributed by atoms with Crippen LogP contribution in [-0.4, -0.2) is 18.4 Å². The number of ether oxygens (including phenoxy) is 1. The molecule has 0 spiro atoms. The predicted octanol–water partition coefficient (Wildman–Crippen LogP) is 7.19. The third-order valence-corrected chi connectivity index (χ3v) is 6.65.